The maximum Gasteiger partial charge on any atom is 0.355 e. The second-order valence-electron chi connectivity index (χ2n) is 14.9. The Morgan fingerprint density at radius 1 is 1.05 bits per heavy atom. The number of carbonyl (C=O) groups is 4. The summed E-state index contributed by atoms with van der Waals surface area (Å²) in [6.45, 7) is 6.67. The Bertz CT molecular complexity index is 2150. The third-order valence-corrected chi connectivity index (χ3v) is 14.1. The average molecular weight is 804 g/mol. The lowest BCUT2D eigenvalue weighted by molar-refractivity contribution is -0.148. The van der Waals surface area contributed by atoms with Crippen LogP contribution in [0.2, 0.25) is 0 Å². The molecule has 2 N–H and O–H groups in total. The molecule has 0 radical (unpaired) electrons. The number of aryl methyl sites for hydroxylation is 1. The van der Waals surface area contributed by atoms with E-state index in [1.807, 2.05) is 31.0 Å². The number of carbonyl (C=O) groups excluding carboxylic acids is 4. The molecule has 3 aliphatic heterocycles. The molecule has 296 valence electrons. The Morgan fingerprint density at radius 3 is 2.59 bits per heavy atom. The molecule has 0 spiro atoms. The van der Waals surface area contributed by atoms with Crippen molar-refractivity contribution < 1.29 is 37.4 Å². The van der Waals surface area contributed by atoms with Gasteiger partial charge in [0.2, 0.25) is 17.7 Å². The molecule has 3 amide bonds. The van der Waals surface area contributed by atoms with Crippen molar-refractivity contribution in [3.05, 3.63) is 94.6 Å². The van der Waals surface area contributed by atoms with E-state index in [0.29, 0.717) is 47.3 Å². The van der Waals surface area contributed by atoms with E-state index >= 15 is 4.39 Å². The molecule has 2 aromatic heterocycles. The molecule has 3 fully saturated rings. The van der Waals surface area contributed by atoms with Gasteiger partial charge in [-0.25, -0.2) is 9.48 Å². The highest BCUT2D eigenvalue weighted by Crippen LogP contribution is 2.58. The summed E-state index contributed by atoms with van der Waals surface area (Å²) in [6.07, 6.45) is 7.51. The molecule has 7 rings (SSSR count). The molecule has 3 aliphatic rings. The number of amides is 3. The maximum absolute atomic E-state index is 16.5. The fraction of sp³-hybridized carbons (Fsp3) is 0.439. The van der Waals surface area contributed by atoms with Crippen molar-refractivity contribution in [3.63, 3.8) is 0 Å². The minimum atomic E-state index is -4.43. The van der Waals surface area contributed by atoms with Crippen LogP contribution in [-0.2, 0) is 23.7 Å². The number of rotatable bonds is 13. The molecular weight excluding hydrogens is 757 g/mol. The van der Waals surface area contributed by atoms with E-state index in [1.54, 1.807) is 53.6 Å². The number of likely N-dealkylation sites (tertiary alicyclic amines) is 1. The summed E-state index contributed by atoms with van der Waals surface area (Å²) in [4.78, 5) is 62.2. The monoisotopic (exact) mass is 803 g/mol. The molecule has 56 heavy (non-hydrogen) atoms. The van der Waals surface area contributed by atoms with Gasteiger partial charge in [0, 0.05) is 42.1 Å². The topological polar surface area (TPSA) is 147 Å². The Labute approximate surface area is 329 Å². The molecule has 12 nitrogen and oxygen atoms in total. The van der Waals surface area contributed by atoms with Crippen LogP contribution >= 0.6 is 18.9 Å². The maximum atomic E-state index is 16.5. The van der Waals surface area contributed by atoms with Crippen LogP contribution in [-0.4, -0.2) is 82.3 Å². The van der Waals surface area contributed by atoms with E-state index in [9.17, 15) is 23.7 Å². The summed E-state index contributed by atoms with van der Waals surface area (Å²) < 4.78 is 42.3. The zero-order chi connectivity index (χ0) is 39.6. The minimum absolute atomic E-state index is 0.0296. The lowest BCUT2D eigenvalue weighted by atomic mass is 9.89. The predicted octanol–water partition coefficient (Wildman–Crippen LogP) is 7.04. The van der Waals surface area contributed by atoms with Gasteiger partial charge in [0.15, 0.2) is 0 Å². The fourth-order valence-corrected chi connectivity index (χ4v) is 10.7. The largest absolute Gasteiger partial charge is 0.465 e. The van der Waals surface area contributed by atoms with Gasteiger partial charge < -0.3 is 24.4 Å². The van der Waals surface area contributed by atoms with Crippen LogP contribution in [0.15, 0.2) is 73.1 Å². The normalized spacial score (nSPS) is 22.0. The first-order chi connectivity index (χ1) is 27.0. The molecule has 3 saturated heterocycles. The first kappa shape index (κ1) is 39.6. The fourth-order valence-electron chi connectivity index (χ4n) is 7.88. The zero-order valence-electron chi connectivity index (χ0n) is 31.7. The molecular formula is C41H47FN5O7PS. The second-order valence-corrected chi connectivity index (χ2v) is 18.1. The molecule has 4 aromatic rings. The summed E-state index contributed by atoms with van der Waals surface area (Å²) in [5.74, 6) is -3.22. The molecule has 0 bridgehead atoms. The van der Waals surface area contributed by atoms with Gasteiger partial charge in [-0.05, 0) is 111 Å². The number of nitrogens with one attached hydrogen (secondary N) is 2. The van der Waals surface area contributed by atoms with Crippen molar-refractivity contribution >= 4 is 52.6 Å². The van der Waals surface area contributed by atoms with E-state index in [-0.39, 0.29) is 41.7 Å². The number of aromatic nitrogens is 1. The highest BCUT2D eigenvalue weighted by Gasteiger charge is 2.48. The number of halogens is 1. The van der Waals surface area contributed by atoms with Gasteiger partial charge in [0.1, 0.15) is 23.9 Å². The highest BCUT2D eigenvalue weighted by molar-refractivity contribution is 7.57. The number of hydrogen-bond acceptors (Lipinski definition) is 9. The molecule has 0 aliphatic carbocycles. The third kappa shape index (κ3) is 8.24. The first-order valence-electron chi connectivity index (χ1n) is 19.2. The molecule has 6 atom stereocenters. The van der Waals surface area contributed by atoms with Crippen LogP contribution in [0.1, 0.15) is 90.6 Å². The molecule has 0 saturated carbocycles. The smallest absolute Gasteiger partial charge is 0.355 e. The van der Waals surface area contributed by atoms with Gasteiger partial charge in [0.25, 0.3) is 5.91 Å². The zero-order valence-corrected chi connectivity index (χ0v) is 33.4. The quantitative estimate of drug-likeness (QED) is 0.107. The van der Waals surface area contributed by atoms with Gasteiger partial charge >= 0.3 is 13.5 Å². The molecule has 2 aromatic carbocycles. The lowest BCUT2D eigenvalue weighted by Gasteiger charge is -2.43. The lowest BCUT2D eigenvalue weighted by Crippen LogP contribution is -2.58. The van der Waals surface area contributed by atoms with Crippen LogP contribution in [0.5, 0.6) is 5.75 Å². The number of para-hydroxylation sites is 1. The number of hydrogen-bond donors (Lipinski definition) is 2. The predicted molar refractivity (Wildman–Crippen MR) is 211 cm³/mol. The Morgan fingerprint density at radius 2 is 1.84 bits per heavy atom. The van der Waals surface area contributed by atoms with Gasteiger partial charge in [-0.2, -0.15) is 0 Å². The summed E-state index contributed by atoms with van der Waals surface area (Å²) in [5, 5.41) is 6.06. The van der Waals surface area contributed by atoms with Crippen LogP contribution in [0.3, 0.4) is 0 Å². The number of esters is 1. The molecule has 5 heterocycles. The van der Waals surface area contributed by atoms with Crippen molar-refractivity contribution in [3.8, 4) is 5.75 Å². The van der Waals surface area contributed by atoms with Gasteiger partial charge in [-0.15, -0.1) is 11.3 Å². The second kappa shape index (κ2) is 16.8. The van der Waals surface area contributed by atoms with E-state index < -0.39 is 43.4 Å². The third-order valence-electron chi connectivity index (χ3n) is 10.9. The summed E-state index contributed by atoms with van der Waals surface area (Å²) in [7, 11) is -4.43. The van der Waals surface area contributed by atoms with Crippen molar-refractivity contribution in [2.75, 3.05) is 19.7 Å². The molecule has 15 heteroatoms. The Kier molecular flexibility index (Phi) is 11.9. The standard InChI is InChI=1S/C41H47FN5O7PS/c1-4-19-53-41(51)26(3)45-55(52,54-31-10-6-5-7-11-31)37(42)27-13-16-35-28(20-27)21-36(56-35)38(48)44-33-12-8-9-30-14-15-34(47(30)39(33)49)40(50)46-23-29(24-46)32-22-43-18-17-25(32)2/h5-7,10-11,13,16-18,20-22,26,29-30,33-34,37H,4,8-9,12,14-15,19,23-24H2,1-3H3,(H,44,48)(H,45,52)/t26-,30-,33-,34-,37+,55+/m0/s1. The van der Waals surface area contributed by atoms with Crippen LogP contribution in [0.25, 0.3) is 10.1 Å². The Balaban J connectivity index is 1.04. The van der Waals surface area contributed by atoms with Crippen LogP contribution in [0, 0.1) is 6.92 Å². The number of alkyl halides is 1. The van der Waals surface area contributed by atoms with Gasteiger partial charge in [-0.1, -0.05) is 31.2 Å². The highest BCUT2D eigenvalue weighted by atomic mass is 32.1. The van der Waals surface area contributed by atoms with E-state index in [0.717, 1.165) is 30.4 Å². The SMILES string of the molecule is CCCOC(=O)[C@H](C)N[P@](=O)(Oc1ccccc1)[C@@H](F)c1ccc2sc(C(=O)N[C@H]3CCC[C@H]4CC[C@@H](C(=O)N5CC(c6cnccc6C)C5)N4C3=O)cc2c1. The van der Waals surface area contributed by atoms with Gasteiger partial charge in [0.05, 0.1) is 11.5 Å². The number of thiophene rings is 1. The summed E-state index contributed by atoms with van der Waals surface area (Å²) >= 11 is 1.19. The van der Waals surface area contributed by atoms with Crippen LogP contribution < -0.4 is 14.9 Å². The number of ether oxygens (including phenoxy) is 1. The number of pyridine rings is 1. The Hall–Kier alpha value is -4.65. The number of benzene rings is 2. The van der Waals surface area contributed by atoms with Gasteiger partial charge in [-0.3, -0.25) is 28.7 Å². The van der Waals surface area contributed by atoms with Crippen molar-refractivity contribution in [2.24, 2.45) is 0 Å². The summed E-state index contributed by atoms with van der Waals surface area (Å²) in [5.41, 5.74) is 2.32. The van der Waals surface area contributed by atoms with E-state index in [4.69, 9.17) is 9.26 Å². The average Bonchev–Trinajstić information content (AvgIpc) is 3.77. The van der Waals surface area contributed by atoms with Crippen molar-refractivity contribution in [1.82, 2.24) is 25.2 Å². The number of fused-ring (bicyclic) bond motifs is 2. The number of nitrogens with zero attached hydrogens (tertiary/aromatic N) is 3. The van der Waals surface area contributed by atoms with Crippen molar-refractivity contribution in [1.29, 1.82) is 0 Å². The summed E-state index contributed by atoms with van der Waals surface area (Å²) in [6, 6.07) is 13.8. The molecule has 0 unspecified atom stereocenters. The van der Waals surface area contributed by atoms with E-state index in [2.05, 4.69) is 15.4 Å². The van der Waals surface area contributed by atoms with Crippen LogP contribution in [0.4, 0.5) is 4.39 Å². The van der Waals surface area contributed by atoms with Crippen molar-refractivity contribution in [2.45, 2.75) is 95.3 Å². The first-order valence-corrected chi connectivity index (χ1v) is 21.8. The minimum Gasteiger partial charge on any atom is -0.465 e. The van der Waals surface area contributed by atoms with E-state index in [1.165, 1.54) is 30.4 Å².